The molecule has 0 saturated carbocycles. The fraction of sp³-hybridized carbons (Fsp3) is 0.200. The molecular formula is C80H82ClN29O4. The molecule has 1 fully saturated rings. The molecule has 4 aromatic carbocycles. The summed E-state index contributed by atoms with van der Waals surface area (Å²) in [5.41, 5.74) is 23.3. The average molecular weight is 1550 g/mol. The fourth-order valence-electron chi connectivity index (χ4n) is 12.7. The van der Waals surface area contributed by atoms with Crippen molar-refractivity contribution in [1.82, 2.24) is 118 Å². The van der Waals surface area contributed by atoms with Crippen LogP contribution in [0.5, 0.6) is 0 Å². The van der Waals surface area contributed by atoms with Gasteiger partial charge in [-0.25, -0.2) is 59.8 Å². The number of fused-ring (bicyclic) bond motifs is 4. The molecule has 1 saturated heterocycles. The van der Waals surface area contributed by atoms with E-state index in [4.69, 9.17) is 17.3 Å². The summed E-state index contributed by atoms with van der Waals surface area (Å²) >= 11 is 6.52. The molecule has 10 N–H and O–H groups in total. The van der Waals surface area contributed by atoms with Crippen LogP contribution < -0.4 is 27.0 Å². The fourth-order valence-corrected chi connectivity index (χ4v) is 13.0. The van der Waals surface area contributed by atoms with E-state index < -0.39 is 5.91 Å². The molecule has 0 spiro atoms. The molecule has 13 heterocycles. The van der Waals surface area contributed by atoms with Gasteiger partial charge in [-0.15, -0.1) is 0 Å². The molecule has 12 aromatic heterocycles. The number of amides is 4. The number of H-pyrrole nitrogens is 4. The van der Waals surface area contributed by atoms with Gasteiger partial charge in [0.05, 0.1) is 58.6 Å². The number of nitrogens with one attached hydrogen (secondary N) is 8. The Balaban J connectivity index is 0.000000126. The highest BCUT2D eigenvalue weighted by molar-refractivity contribution is 6.35. The first kappa shape index (κ1) is 76.3. The van der Waals surface area contributed by atoms with Crippen LogP contribution in [0.4, 0.5) is 46.5 Å². The van der Waals surface area contributed by atoms with E-state index >= 15 is 0 Å². The Morgan fingerprint density at radius 3 is 1.28 bits per heavy atom. The normalized spacial score (nSPS) is 12.1. The number of halogens is 1. The Morgan fingerprint density at radius 2 is 0.825 bits per heavy atom. The van der Waals surface area contributed by atoms with Crippen LogP contribution in [0.2, 0.25) is 5.02 Å². The number of nitrogens with two attached hydrogens (primary N) is 1. The number of aryl methyl sites for hydroxylation is 6. The van der Waals surface area contributed by atoms with E-state index in [9.17, 15) is 19.2 Å². The molecule has 1 aliphatic rings. The first-order chi connectivity index (χ1) is 54.8. The van der Waals surface area contributed by atoms with E-state index in [-0.39, 0.29) is 17.7 Å². The van der Waals surface area contributed by atoms with Gasteiger partial charge in [-0.2, -0.15) is 0 Å². The molecular weight excluding hydrogens is 1470 g/mol. The van der Waals surface area contributed by atoms with Gasteiger partial charge in [-0.3, -0.25) is 19.2 Å². The average Bonchev–Trinajstić information content (AvgIpc) is 1.66. The highest BCUT2D eigenvalue weighted by atomic mass is 35.5. The Morgan fingerprint density at radius 1 is 0.421 bits per heavy atom. The van der Waals surface area contributed by atoms with Gasteiger partial charge in [-0.05, 0) is 142 Å². The van der Waals surface area contributed by atoms with Crippen molar-refractivity contribution in [3.8, 4) is 45.6 Å². The lowest BCUT2D eigenvalue weighted by atomic mass is 10.1. The minimum atomic E-state index is -0.485. The summed E-state index contributed by atoms with van der Waals surface area (Å²) in [6.07, 6.45) is 19.4. The van der Waals surface area contributed by atoms with Gasteiger partial charge in [-0.1, -0.05) is 11.6 Å². The standard InChI is InChI=1S/C22H23ClN8O.C21H23N7O.C19H19N7O.C18H17N7O/c1-29-5-7-31(8-6-29)21(32)18-10-14-9-15(11-16(23)20(14)27-18)26-22-24-4-3-17(28-22)19-12-30(2)13-25-19;1-12-8-15(9-14-10-17(25-18(12)14)20(29)27(3)4)24-21-22-7-6-16(26-21)19-13(2)28(5)11-23-19;1-25(2)18(27)16-9-12-8-13(4-5-14(12)23-16)22-19-20-7-6-15(24-19)17-10-26(3)11-21-17;1-10-5-12(6-11-7-14(17(19)26)23-16(10)11)22-18-20-4-3-13(24-18)15-8-25(2)9-21-15/h3-4,9-13,27H,5-8H2,1-2H3,(H,24,26,28);6-11,25H,1-5H3,(H,22,24,26);4-11,23H,1-3H3,(H,20,22,24);3-9,23H,1-2H3,(H2,19,26)(H,20,22,24). The number of carbonyl (C=O) groups is 4. The van der Waals surface area contributed by atoms with Gasteiger partial charge in [0.25, 0.3) is 23.6 Å². The first-order valence-electron chi connectivity index (χ1n) is 36.0. The third-order valence-corrected chi connectivity index (χ3v) is 19.0. The lowest BCUT2D eigenvalue weighted by Crippen LogP contribution is -2.47. The third kappa shape index (κ3) is 17.4. The maximum absolute atomic E-state index is 12.9. The van der Waals surface area contributed by atoms with E-state index in [0.29, 0.717) is 51.6 Å². The lowest BCUT2D eigenvalue weighted by molar-refractivity contribution is 0.0658. The quantitative estimate of drug-likeness (QED) is 0.0434. The molecule has 33 nitrogen and oxygen atoms in total. The van der Waals surface area contributed by atoms with Gasteiger partial charge in [0.1, 0.15) is 45.6 Å². The molecule has 17 rings (SSSR count). The van der Waals surface area contributed by atoms with Crippen LogP contribution in [-0.4, -0.2) is 203 Å². The maximum Gasteiger partial charge on any atom is 0.270 e. The number of hydrogen-bond donors (Lipinski definition) is 9. The van der Waals surface area contributed by atoms with Crippen LogP contribution in [0.25, 0.3) is 89.2 Å². The van der Waals surface area contributed by atoms with Gasteiger partial charge >= 0.3 is 0 Å². The topological polar surface area (TPSA) is 393 Å². The van der Waals surface area contributed by atoms with Crippen molar-refractivity contribution in [3.63, 3.8) is 0 Å². The van der Waals surface area contributed by atoms with Crippen molar-refractivity contribution in [2.45, 2.75) is 20.8 Å². The van der Waals surface area contributed by atoms with E-state index in [1.54, 1.807) is 100 Å². The summed E-state index contributed by atoms with van der Waals surface area (Å²) in [7, 11) is 16.7. The van der Waals surface area contributed by atoms with E-state index in [0.717, 1.165) is 155 Å². The molecule has 0 unspecified atom stereocenters. The second kappa shape index (κ2) is 32.6. The van der Waals surface area contributed by atoms with Crippen LogP contribution in [-0.2, 0) is 28.2 Å². The van der Waals surface area contributed by atoms with Crippen LogP contribution in [0, 0.1) is 20.8 Å². The number of nitrogens with zero attached hydrogens (tertiary/aromatic N) is 20. The Kier molecular flexibility index (Phi) is 21.8. The van der Waals surface area contributed by atoms with E-state index in [1.165, 1.54) is 0 Å². The van der Waals surface area contributed by atoms with Crippen molar-refractivity contribution in [2.75, 3.05) is 82.7 Å². The van der Waals surface area contributed by atoms with Crippen LogP contribution in [0.3, 0.4) is 0 Å². The molecule has 114 heavy (non-hydrogen) atoms. The summed E-state index contributed by atoms with van der Waals surface area (Å²) in [6, 6.07) is 32.0. The summed E-state index contributed by atoms with van der Waals surface area (Å²) in [6.45, 7) is 9.15. The van der Waals surface area contributed by atoms with Gasteiger partial charge in [0, 0.05) is 192 Å². The predicted molar refractivity (Wildman–Crippen MR) is 440 cm³/mol. The summed E-state index contributed by atoms with van der Waals surface area (Å²) in [4.78, 5) is 121. The highest BCUT2D eigenvalue weighted by Crippen LogP contribution is 2.33. The summed E-state index contributed by atoms with van der Waals surface area (Å²) < 4.78 is 7.56. The minimum Gasteiger partial charge on any atom is -0.364 e. The lowest BCUT2D eigenvalue weighted by Gasteiger charge is -2.32. The smallest absolute Gasteiger partial charge is 0.270 e. The zero-order chi connectivity index (χ0) is 80.2. The zero-order valence-corrected chi connectivity index (χ0v) is 65.3. The van der Waals surface area contributed by atoms with Crippen molar-refractivity contribution >= 4 is 125 Å². The number of piperazine rings is 1. The molecule has 4 amide bonds. The van der Waals surface area contributed by atoms with Crippen molar-refractivity contribution in [2.24, 2.45) is 33.9 Å². The van der Waals surface area contributed by atoms with E-state index in [1.807, 2.05) is 182 Å². The Bertz CT molecular complexity index is 6260. The van der Waals surface area contributed by atoms with Crippen molar-refractivity contribution in [3.05, 3.63) is 216 Å². The largest absolute Gasteiger partial charge is 0.364 e. The molecule has 16 aromatic rings. The molecule has 0 radical (unpaired) electrons. The molecule has 34 heteroatoms. The Labute approximate surface area is 658 Å². The number of likely N-dealkylation sites (N-methyl/N-ethyl adjacent to an activating group) is 1. The number of aromatic nitrogens is 20. The minimum absolute atomic E-state index is 0.00808. The number of primary amides is 1. The van der Waals surface area contributed by atoms with Gasteiger partial charge < -0.3 is 84.8 Å². The van der Waals surface area contributed by atoms with Crippen LogP contribution in [0.1, 0.15) is 58.8 Å². The number of benzene rings is 4. The van der Waals surface area contributed by atoms with Gasteiger partial charge in [0.2, 0.25) is 23.8 Å². The maximum atomic E-state index is 12.9. The first-order valence-corrected chi connectivity index (χ1v) is 36.4. The molecule has 0 bridgehead atoms. The van der Waals surface area contributed by atoms with Crippen molar-refractivity contribution < 1.29 is 19.2 Å². The molecule has 0 aliphatic carbocycles. The molecule has 0 atom stereocenters. The number of anilines is 8. The second-order valence-electron chi connectivity index (χ2n) is 28.0. The molecule has 1 aliphatic heterocycles. The number of imidazole rings is 4. The summed E-state index contributed by atoms with van der Waals surface area (Å²) in [5, 5.41) is 17.0. The molecule has 578 valence electrons. The van der Waals surface area contributed by atoms with Gasteiger partial charge in [0.15, 0.2) is 0 Å². The predicted octanol–water partition coefficient (Wildman–Crippen LogP) is 11.9. The van der Waals surface area contributed by atoms with Crippen LogP contribution >= 0.6 is 11.6 Å². The number of aromatic amines is 4. The number of hydrogen-bond acceptors (Lipinski definition) is 21. The number of carbonyl (C=O) groups excluding carboxylic acids is 4. The van der Waals surface area contributed by atoms with E-state index in [2.05, 4.69) is 113 Å². The highest BCUT2D eigenvalue weighted by Gasteiger charge is 2.24. The summed E-state index contributed by atoms with van der Waals surface area (Å²) in [5.74, 6) is 1.27. The van der Waals surface area contributed by atoms with Crippen molar-refractivity contribution in [1.29, 1.82) is 0 Å². The third-order valence-electron chi connectivity index (χ3n) is 18.7. The second-order valence-corrected chi connectivity index (χ2v) is 28.4. The number of rotatable bonds is 16. The Hall–Kier alpha value is -14.5. The zero-order valence-electron chi connectivity index (χ0n) is 64.5. The monoisotopic (exact) mass is 1550 g/mol. The van der Waals surface area contributed by atoms with Crippen LogP contribution in [0.15, 0.2) is 172 Å². The SMILES string of the molecule is CN(C)C(=O)c1cc2cc(Nc3nccc(-c4cn(C)cn4)n3)ccc2[nH]1.CN1CCN(C(=O)c2cc3cc(Nc4nccc(-c5cn(C)cn5)n4)cc(Cl)c3[nH]2)CC1.Cc1cc(Nc2nccc(-c3cn(C)cn3)n2)cc2cc(C(N)=O)[nH]c12.Cc1cc(Nc2nccc(-c3ncn(C)c3C)n2)cc2cc(C(=O)N(C)C)[nH]c12.